The van der Waals surface area contributed by atoms with Crippen LogP contribution in [0.1, 0.15) is 41.2 Å². The summed E-state index contributed by atoms with van der Waals surface area (Å²) in [4.78, 5) is 28.9. The van der Waals surface area contributed by atoms with Gasteiger partial charge in [0.05, 0.1) is 16.5 Å². The molecule has 0 aromatic heterocycles. The van der Waals surface area contributed by atoms with Gasteiger partial charge >= 0.3 is 0 Å². The molecule has 4 nitrogen and oxygen atoms in total. The van der Waals surface area contributed by atoms with Gasteiger partial charge in [-0.3, -0.25) is 9.59 Å². The Hall–Kier alpha value is -2.82. The second kappa shape index (κ2) is 12.8. The standard InChI is InChI=1S/C29H32Cl2N2O2/c1-4-14-32-29(35)27(17-22-8-6-5-7-9-22)33(19-23-12-13-25(30)26(31)16-23)28(34)18-24-15-20(2)10-11-21(24)3/h5-13,15-16,27H,4,14,17-19H2,1-3H3,(H,32,35)/t27-/m1/s1. The van der Waals surface area contributed by atoms with E-state index in [4.69, 9.17) is 23.2 Å². The zero-order valence-corrected chi connectivity index (χ0v) is 22.0. The molecular weight excluding hydrogens is 479 g/mol. The molecule has 0 unspecified atom stereocenters. The van der Waals surface area contributed by atoms with Gasteiger partial charge in [0.2, 0.25) is 11.8 Å². The average molecular weight is 511 g/mol. The number of aryl methyl sites for hydroxylation is 2. The van der Waals surface area contributed by atoms with Crippen molar-refractivity contribution in [1.82, 2.24) is 10.2 Å². The molecule has 1 atom stereocenters. The number of nitrogens with zero attached hydrogens (tertiary/aromatic N) is 1. The lowest BCUT2D eigenvalue weighted by Crippen LogP contribution is -2.51. The molecule has 0 radical (unpaired) electrons. The van der Waals surface area contributed by atoms with E-state index in [9.17, 15) is 9.59 Å². The monoisotopic (exact) mass is 510 g/mol. The molecule has 1 N–H and O–H groups in total. The molecular formula is C29H32Cl2N2O2. The zero-order valence-electron chi connectivity index (χ0n) is 20.5. The van der Waals surface area contributed by atoms with Gasteiger partial charge in [-0.2, -0.15) is 0 Å². The molecule has 35 heavy (non-hydrogen) atoms. The van der Waals surface area contributed by atoms with Crippen molar-refractivity contribution >= 4 is 35.0 Å². The third-order valence-electron chi connectivity index (χ3n) is 6.00. The van der Waals surface area contributed by atoms with Gasteiger partial charge in [0.15, 0.2) is 0 Å². The van der Waals surface area contributed by atoms with Crippen molar-refractivity contribution in [3.05, 3.63) is 105 Å². The molecule has 6 heteroatoms. The Morgan fingerprint density at radius 1 is 0.914 bits per heavy atom. The number of halogens is 2. The molecule has 0 aliphatic heterocycles. The van der Waals surface area contributed by atoms with Crippen molar-refractivity contribution < 1.29 is 9.59 Å². The van der Waals surface area contributed by atoms with E-state index in [1.165, 1.54) is 0 Å². The number of carbonyl (C=O) groups excluding carboxylic acids is 2. The molecule has 2 amide bonds. The van der Waals surface area contributed by atoms with Gasteiger partial charge in [0.1, 0.15) is 6.04 Å². The summed E-state index contributed by atoms with van der Waals surface area (Å²) >= 11 is 12.4. The Balaban J connectivity index is 2.00. The molecule has 0 heterocycles. The van der Waals surface area contributed by atoms with Crippen LogP contribution >= 0.6 is 23.2 Å². The molecule has 3 aromatic carbocycles. The normalized spacial score (nSPS) is 11.7. The van der Waals surface area contributed by atoms with Gasteiger partial charge < -0.3 is 10.2 Å². The summed E-state index contributed by atoms with van der Waals surface area (Å²) in [6.45, 7) is 6.82. The van der Waals surface area contributed by atoms with E-state index in [-0.39, 0.29) is 24.8 Å². The SMILES string of the molecule is CCCNC(=O)[C@@H](Cc1ccccc1)N(Cc1ccc(Cl)c(Cl)c1)C(=O)Cc1cc(C)ccc1C. The summed E-state index contributed by atoms with van der Waals surface area (Å²) in [7, 11) is 0. The van der Waals surface area contributed by atoms with Crippen LogP contribution in [0, 0.1) is 13.8 Å². The maximum atomic E-state index is 13.8. The number of hydrogen-bond acceptors (Lipinski definition) is 2. The first kappa shape index (κ1) is 26.8. The second-order valence-corrected chi connectivity index (χ2v) is 9.69. The highest BCUT2D eigenvalue weighted by Gasteiger charge is 2.30. The van der Waals surface area contributed by atoms with Crippen LogP contribution in [0.4, 0.5) is 0 Å². The molecule has 3 aromatic rings. The quantitative estimate of drug-likeness (QED) is 0.346. The molecule has 0 bridgehead atoms. The van der Waals surface area contributed by atoms with E-state index in [2.05, 4.69) is 5.32 Å². The number of rotatable bonds is 10. The predicted molar refractivity (Wildman–Crippen MR) is 144 cm³/mol. The first-order valence-corrected chi connectivity index (χ1v) is 12.6. The van der Waals surface area contributed by atoms with E-state index in [0.717, 1.165) is 34.2 Å². The molecule has 3 rings (SSSR count). The van der Waals surface area contributed by atoms with Gasteiger partial charge in [-0.1, -0.05) is 90.3 Å². The van der Waals surface area contributed by atoms with Gasteiger partial charge in [-0.05, 0) is 54.7 Å². The van der Waals surface area contributed by atoms with Gasteiger partial charge in [-0.25, -0.2) is 0 Å². The number of nitrogens with one attached hydrogen (secondary N) is 1. The van der Waals surface area contributed by atoms with Crippen LogP contribution in [-0.2, 0) is 29.0 Å². The van der Waals surface area contributed by atoms with Crippen molar-refractivity contribution in [2.45, 2.75) is 52.6 Å². The van der Waals surface area contributed by atoms with E-state index in [0.29, 0.717) is 23.0 Å². The number of hydrogen-bond donors (Lipinski definition) is 1. The third kappa shape index (κ3) is 7.58. The van der Waals surface area contributed by atoms with Crippen LogP contribution in [0.2, 0.25) is 10.0 Å². The minimum absolute atomic E-state index is 0.114. The largest absolute Gasteiger partial charge is 0.354 e. The Kier molecular flexibility index (Phi) is 9.76. The molecule has 0 aliphatic rings. The highest BCUT2D eigenvalue weighted by Crippen LogP contribution is 2.25. The maximum Gasteiger partial charge on any atom is 0.243 e. The van der Waals surface area contributed by atoms with Crippen molar-refractivity contribution in [3.8, 4) is 0 Å². The van der Waals surface area contributed by atoms with Crippen LogP contribution in [-0.4, -0.2) is 29.3 Å². The molecule has 0 saturated heterocycles. The Bertz CT molecular complexity index is 1160. The lowest BCUT2D eigenvalue weighted by Gasteiger charge is -2.32. The fraction of sp³-hybridized carbons (Fsp3) is 0.310. The Labute approximate surface area is 218 Å². The molecule has 184 valence electrons. The van der Waals surface area contributed by atoms with E-state index >= 15 is 0 Å². The van der Waals surface area contributed by atoms with Gasteiger partial charge in [0, 0.05) is 19.5 Å². The first-order chi connectivity index (χ1) is 16.8. The van der Waals surface area contributed by atoms with Crippen LogP contribution in [0.25, 0.3) is 0 Å². The summed E-state index contributed by atoms with van der Waals surface area (Å²) in [5.74, 6) is -0.276. The van der Waals surface area contributed by atoms with Crippen LogP contribution < -0.4 is 5.32 Å². The van der Waals surface area contributed by atoms with E-state index < -0.39 is 6.04 Å². The Morgan fingerprint density at radius 2 is 1.66 bits per heavy atom. The molecule has 0 spiro atoms. The lowest BCUT2D eigenvalue weighted by atomic mass is 9.99. The number of benzene rings is 3. The maximum absolute atomic E-state index is 13.8. The summed E-state index contributed by atoms with van der Waals surface area (Å²) < 4.78 is 0. The van der Waals surface area contributed by atoms with Crippen LogP contribution in [0.15, 0.2) is 66.7 Å². The minimum atomic E-state index is -0.670. The second-order valence-electron chi connectivity index (χ2n) is 8.87. The van der Waals surface area contributed by atoms with Crippen molar-refractivity contribution in [2.24, 2.45) is 0 Å². The zero-order chi connectivity index (χ0) is 25.4. The first-order valence-electron chi connectivity index (χ1n) is 11.9. The van der Waals surface area contributed by atoms with Crippen molar-refractivity contribution in [2.75, 3.05) is 6.54 Å². The summed E-state index contributed by atoms with van der Waals surface area (Å²) in [6, 6.07) is 20.5. The van der Waals surface area contributed by atoms with Gasteiger partial charge in [0.25, 0.3) is 0 Å². The Morgan fingerprint density at radius 3 is 2.34 bits per heavy atom. The minimum Gasteiger partial charge on any atom is -0.354 e. The van der Waals surface area contributed by atoms with E-state index in [1.807, 2.05) is 75.4 Å². The van der Waals surface area contributed by atoms with E-state index in [1.54, 1.807) is 17.0 Å². The summed E-state index contributed by atoms with van der Waals surface area (Å²) in [5.41, 5.74) is 4.91. The summed E-state index contributed by atoms with van der Waals surface area (Å²) in [5, 5.41) is 3.87. The van der Waals surface area contributed by atoms with Crippen LogP contribution in [0.5, 0.6) is 0 Å². The fourth-order valence-electron chi connectivity index (χ4n) is 4.01. The number of amides is 2. The lowest BCUT2D eigenvalue weighted by molar-refractivity contribution is -0.140. The summed E-state index contributed by atoms with van der Waals surface area (Å²) in [6.07, 6.45) is 1.43. The highest BCUT2D eigenvalue weighted by atomic mass is 35.5. The van der Waals surface area contributed by atoms with Gasteiger partial charge in [-0.15, -0.1) is 0 Å². The topological polar surface area (TPSA) is 49.4 Å². The predicted octanol–water partition coefficient (Wildman–Crippen LogP) is 6.32. The molecule has 0 aliphatic carbocycles. The van der Waals surface area contributed by atoms with Crippen molar-refractivity contribution in [1.29, 1.82) is 0 Å². The average Bonchev–Trinajstić information content (AvgIpc) is 2.84. The third-order valence-corrected chi connectivity index (χ3v) is 6.74. The molecule has 0 fully saturated rings. The number of carbonyl (C=O) groups is 2. The molecule has 0 saturated carbocycles. The van der Waals surface area contributed by atoms with Crippen molar-refractivity contribution in [3.63, 3.8) is 0 Å². The highest BCUT2D eigenvalue weighted by molar-refractivity contribution is 6.42. The fourth-order valence-corrected chi connectivity index (χ4v) is 4.33. The van der Waals surface area contributed by atoms with Crippen LogP contribution in [0.3, 0.4) is 0 Å². The smallest absolute Gasteiger partial charge is 0.243 e.